The van der Waals surface area contributed by atoms with Gasteiger partial charge in [0.2, 0.25) is 0 Å². The van der Waals surface area contributed by atoms with Crippen molar-refractivity contribution < 1.29 is 23.6 Å². The molecule has 1 fully saturated rings. The van der Waals surface area contributed by atoms with E-state index in [4.69, 9.17) is 0 Å². The van der Waals surface area contributed by atoms with Crippen molar-refractivity contribution >= 4 is 28.6 Å². The molecule has 0 aliphatic heterocycles. The third-order valence-electron chi connectivity index (χ3n) is 3.90. The lowest BCUT2D eigenvalue weighted by Crippen LogP contribution is -2.56. The molecule has 1 aliphatic rings. The minimum absolute atomic E-state index is 0.0549. The smallest absolute Gasteiger partial charge is 0.330 e. The van der Waals surface area contributed by atoms with E-state index < -0.39 is 27.7 Å². The van der Waals surface area contributed by atoms with Crippen molar-refractivity contribution in [1.82, 2.24) is 0 Å². The van der Waals surface area contributed by atoms with E-state index in [1.165, 1.54) is 18.2 Å². The van der Waals surface area contributed by atoms with Crippen molar-refractivity contribution in [3.63, 3.8) is 0 Å². The van der Waals surface area contributed by atoms with Crippen LogP contribution in [-0.4, -0.2) is 30.3 Å². The molecule has 0 heterocycles. The van der Waals surface area contributed by atoms with Gasteiger partial charge in [-0.2, -0.15) is 0 Å². The number of rotatable bonds is 5. The van der Waals surface area contributed by atoms with Crippen molar-refractivity contribution in [3.8, 4) is 0 Å². The first kappa shape index (κ1) is 16.4. The Morgan fingerprint density at radius 2 is 1.95 bits per heavy atom. The molecule has 0 radical (unpaired) electrons. The molecular weight excluding hydrogens is 312 g/mol. The predicted octanol–water partition coefficient (Wildman–Crippen LogP) is 2.33. The Labute approximate surface area is 129 Å². The average molecular weight is 328 g/mol. The van der Waals surface area contributed by atoms with E-state index in [1.807, 2.05) is 0 Å². The second-order valence-corrected chi connectivity index (χ2v) is 6.03. The van der Waals surface area contributed by atoms with E-state index in [1.54, 1.807) is 0 Å². The average Bonchev–Trinajstić information content (AvgIpc) is 2.48. The topological polar surface area (TPSA) is 121 Å². The molecule has 2 N–H and O–H groups in total. The van der Waals surface area contributed by atoms with Crippen molar-refractivity contribution in [1.29, 1.82) is 0 Å². The van der Waals surface area contributed by atoms with Crippen LogP contribution >= 0.6 is 0 Å². The van der Waals surface area contributed by atoms with Crippen molar-refractivity contribution in [2.45, 2.75) is 37.6 Å². The van der Waals surface area contributed by atoms with Crippen molar-refractivity contribution in [2.75, 3.05) is 4.31 Å². The van der Waals surface area contributed by atoms with Gasteiger partial charge in [0.25, 0.3) is 17.0 Å². The quantitative estimate of drug-likeness (QED) is 0.486. The van der Waals surface area contributed by atoms with E-state index in [-0.39, 0.29) is 24.2 Å². The number of aliphatic carboxylic acids is 1. The molecule has 0 saturated heterocycles. The maximum Gasteiger partial charge on any atom is 0.330 e. The molecule has 1 aromatic carbocycles. The van der Waals surface area contributed by atoms with Crippen LogP contribution in [0.4, 0.5) is 11.4 Å². The molecule has 8 nitrogen and oxygen atoms in total. The number of nitro benzene ring substituents is 1. The molecule has 1 aromatic rings. The van der Waals surface area contributed by atoms with Gasteiger partial charge in [0.15, 0.2) is 5.54 Å². The number of carbonyl (C=O) groups is 1. The monoisotopic (exact) mass is 328 g/mol. The minimum atomic E-state index is -2.60. The fraction of sp³-hybridized carbons (Fsp3) is 0.462. The maximum atomic E-state index is 11.8. The van der Waals surface area contributed by atoms with E-state index in [0.717, 1.165) is 16.8 Å². The molecule has 2 rings (SSSR count). The second kappa shape index (κ2) is 6.41. The van der Waals surface area contributed by atoms with Gasteiger partial charge in [-0.25, -0.2) is 9.00 Å². The Morgan fingerprint density at radius 1 is 1.32 bits per heavy atom. The Balaban J connectivity index is 2.53. The van der Waals surface area contributed by atoms with Gasteiger partial charge in [-0.15, -0.1) is 0 Å². The fourth-order valence-electron chi connectivity index (χ4n) is 2.86. The number of nitrogens with zero attached hydrogens (tertiary/aromatic N) is 2. The first-order chi connectivity index (χ1) is 10.4. The molecule has 1 saturated carbocycles. The number of non-ortho nitro benzene ring substituents is 1. The van der Waals surface area contributed by atoms with Gasteiger partial charge >= 0.3 is 5.97 Å². The molecule has 0 bridgehead atoms. The number of nitro groups is 1. The van der Waals surface area contributed by atoms with Gasteiger partial charge in [0, 0.05) is 12.1 Å². The summed E-state index contributed by atoms with van der Waals surface area (Å²) in [5.41, 5.74) is -1.73. The molecular formula is C13H16N2O6S. The number of carboxylic acid groups (broad SMARTS) is 1. The van der Waals surface area contributed by atoms with E-state index in [2.05, 4.69) is 0 Å². The highest BCUT2D eigenvalue weighted by Crippen LogP contribution is 2.38. The second-order valence-electron chi connectivity index (χ2n) is 5.20. The van der Waals surface area contributed by atoms with Crippen LogP contribution in [0.15, 0.2) is 24.3 Å². The van der Waals surface area contributed by atoms with Gasteiger partial charge in [0.05, 0.1) is 10.6 Å². The summed E-state index contributed by atoms with van der Waals surface area (Å²) in [6.45, 7) is 0. The summed E-state index contributed by atoms with van der Waals surface area (Å²) in [5.74, 6) is -1.19. The molecule has 0 amide bonds. The fourth-order valence-corrected chi connectivity index (χ4v) is 3.71. The third-order valence-corrected chi connectivity index (χ3v) is 4.77. The molecule has 1 atom stereocenters. The van der Waals surface area contributed by atoms with E-state index in [0.29, 0.717) is 12.8 Å². The summed E-state index contributed by atoms with van der Waals surface area (Å²) in [7, 11) is 0. The Bertz CT molecular complexity index is 614. The van der Waals surface area contributed by atoms with Crippen LogP contribution in [0.1, 0.15) is 32.1 Å². The van der Waals surface area contributed by atoms with Crippen LogP contribution in [-0.2, 0) is 16.1 Å². The Hall–Kier alpha value is -2.00. The lowest BCUT2D eigenvalue weighted by molar-refractivity contribution is -0.384. The SMILES string of the molecule is O=C(O)C1(N(c2cccc([N+](=O)[O-])c2)S(=O)O)CCCCC1. The Kier molecular flexibility index (Phi) is 4.77. The number of hydrogen-bond acceptors (Lipinski definition) is 4. The summed E-state index contributed by atoms with van der Waals surface area (Å²) >= 11 is -2.60. The molecule has 120 valence electrons. The van der Waals surface area contributed by atoms with Crippen molar-refractivity contribution in [2.24, 2.45) is 0 Å². The highest BCUT2D eigenvalue weighted by molar-refractivity contribution is 7.80. The number of benzene rings is 1. The molecule has 9 heteroatoms. The van der Waals surface area contributed by atoms with Crippen LogP contribution in [0.2, 0.25) is 0 Å². The molecule has 1 unspecified atom stereocenters. The summed E-state index contributed by atoms with van der Waals surface area (Å²) in [4.78, 5) is 22.0. The largest absolute Gasteiger partial charge is 0.479 e. The number of anilines is 1. The summed E-state index contributed by atoms with van der Waals surface area (Å²) in [6, 6.07) is 5.13. The number of carboxylic acids is 1. The zero-order valence-corrected chi connectivity index (χ0v) is 12.5. The van der Waals surface area contributed by atoms with Crippen LogP contribution in [0.5, 0.6) is 0 Å². The lowest BCUT2D eigenvalue weighted by atomic mass is 9.81. The van der Waals surface area contributed by atoms with Crippen LogP contribution < -0.4 is 4.31 Å². The first-order valence-electron chi connectivity index (χ1n) is 6.77. The van der Waals surface area contributed by atoms with E-state index in [9.17, 15) is 28.8 Å². The van der Waals surface area contributed by atoms with Crippen molar-refractivity contribution in [3.05, 3.63) is 34.4 Å². The Morgan fingerprint density at radius 3 is 2.45 bits per heavy atom. The number of hydrogen-bond donors (Lipinski definition) is 2. The molecule has 0 spiro atoms. The predicted molar refractivity (Wildman–Crippen MR) is 79.8 cm³/mol. The lowest BCUT2D eigenvalue weighted by Gasteiger charge is -2.41. The minimum Gasteiger partial charge on any atom is -0.479 e. The van der Waals surface area contributed by atoms with Gasteiger partial charge in [-0.1, -0.05) is 25.3 Å². The maximum absolute atomic E-state index is 11.8. The van der Waals surface area contributed by atoms with Gasteiger partial charge in [0.1, 0.15) is 0 Å². The zero-order chi connectivity index (χ0) is 16.3. The van der Waals surface area contributed by atoms with Gasteiger partial charge < -0.3 is 5.11 Å². The summed E-state index contributed by atoms with van der Waals surface area (Å²) in [5, 5.41) is 20.5. The van der Waals surface area contributed by atoms with Gasteiger partial charge in [-0.05, 0) is 18.9 Å². The normalized spacial score (nSPS) is 18.4. The molecule has 0 aromatic heterocycles. The summed E-state index contributed by atoms with van der Waals surface area (Å²) < 4.78 is 22.3. The van der Waals surface area contributed by atoms with Crippen LogP contribution in [0.3, 0.4) is 0 Å². The molecule has 22 heavy (non-hydrogen) atoms. The first-order valence-corrected chi connectivity index (χ1v) is 7.84. The third kappa shape index (κ3) is 2.95. The summed E-state index contributed by atoms with van der Waals surface area (Å²) in [6.07, 6.45) is 2.54. The van der Waals surface area contributed by atoms with Gasteiger partial charge in [-0.3, -0.25) is 19.0 Å². The highest BCUT2D eigenvalue weighted by Gasteiger charge is 2.48. The van der Waals surface area contributed by atoms with Crippen LogP contribution in [0, 0.1) is 10.1 Å². The zero-order valence-electron chi connectivity index (χ0n) is 11.7. The highest BCUT2D eigenvalue weighted by atomic mass is 32.2. The molecule has 1 aliphatic carbocycles. The standard InChI is InChI=1S/C13H16N2O6S/c16-12(17)13(7-2-1-3-8-13)14(22(20)21)10-5-4-6-11(9-10)15(18)19/h4-6,9H,1-3,7-8H2,(H,16,17)(H,20,21). The van der Waals surface area contributed by atoms with Crippen LogP contribution in [0.25, 0.3) is 0 Å². The van der Waals surface area contributed by atoms with E-state index >= 15 is 0 Å².